The van der Waals surface area contributed by atoms with Gasteiger partial charge in [0.05, 0.1) is 12.4 Å². The fraction of sp³-hybridized carbons (Fsp3) is 0.375. The average molecular weight is 321 g/mol. The third kappa shape index (κ3) is 4.08. The second kappa shape index (κ2) is 7.96. The minimum Gasteiger partial charge on any atom is -0.351 e. The van der Waals surface area contributed by atoms with Crippen LogP contribution in [0.1, 0.15) is 24.0 Å². The summed E-state index contributed by atoms with van der Waals surface area (Å²) < 4.78 is 2.03. The third-order valence-electron chi connectivity index (χ3n) is 3.86. The van der Waals surface area contributed by atoms with Gasteiger partial charge >= 0.3 is 0 Å². The Bertz CT molecular complexity index is 594. The second-order valence-electron chi connectivity index (χ2n) is 5.37. The topological polar surface area (TPSA) is 59.0 Å². The number of nitrogens with one attached hydrogen (secondary N) is 2. The van der Waals surface area contributed by atoms with Crippen LogP contribution < -0.4 is 10.6 Å². The summed E-state index contributed by atoms with van der Waals surface area (Å²) in [4.78, 5) is 16.1. The van der Waals surface area contributed by atoms with E-state index in [4.69, 9.17) is 0 Å². The van der Waals surface area contributed by atoms with Gasteiger partial charge in [-0.3, -0.25) is 4.79 Å². The zero-order chi connectivity index (χ0) is 14.5. The standard InChI is InChI=1S/C16H20N4O.ClH/c21-16(15-6-3-7-18-15)19-10-13-4-1-2-5-14(13)11-20-9-8-17-12-20;/h1-2,4-5,8-9,12,15,18H,3,6-7,10-11H2,(H,19,21);1H. The van der Waals surface area contributed by atoms with Gasteiger partial charge in [-0.05, 0) is 30.5 Å². The van der Waals surface area contributed by atoms with Crippen LogP contribution in [-0.2, 0) is 17.9 Å². The first kappa shape index (κ1) is 16.5. The molecule has 2 N–H and O–H groups in total. The summed E-state index contributed by atoms with van der Waals surface area (Å²) in [5, 5.41) is 6.25. The van der Waals surface area contributed by atoms with E-state index in [1.165, 1.54) is 5.56 Å². The molecular weight excluding hydrogens is 300 g/mol. The summed E-state index contributed by atoms with van der Waals surface area (Å²) in [5.74, 6) is 0.102. The predicted octanol–water partition coefficient (Wildman–Crippen LogP) is 1.72. The number of benzene rings is 1. The van der Waals surface area contributed by atoms with Crippen LogP contribution in [0.15, 0.2) is 43.0 Å². The lowest BCUT2D eigenvalue weighted by atomic mass is 10.1. The normalized spacial score (nSPS) is 17.0. The van der Waals surface area contributed by atoms with E-state index in [0.29, 0.717) is 6.54 Å². The molecule has 2 heterocycles. The predicted molar refractivity (Wildman–Crippen MR) is 87.9 cm³/mol. The number of hydrogen-bond acceptors (Lipinski definition) is 3. The first-order valence-electron chi connectivity index (χ1n) is 7.36. The summed E-state index contributed by atoms with van der Waals surface area (Å²) >= 11 is 0. The molecule has 0 aliphatic carbocycles. The SMILES string of the molecule is Cl.O=C(NCc1ccccc1Cn1ccnc1)C1CCCN1. The Hall–Kier alpha value is -1.85. The Morgan fingerprint density at radius 1 is 1.36 bits per heavy atom. The zero-order valence-corrected chi connectivity index (χ0v) is 13.2. The molecule has 1 aromatic carbocycles. The number of carbonyl (C=O) groups excluding carboxylic acids is 1. The van der Waals surface area contributed by atoms with Crippen LogP contribution in [0.25, 0.3) is 0 Å². The van der Waals surface area contributed by atoms with Gasteiger partial charge in [0, 0.05) is 25.5 Å². The lowest BCUT2D eigenvalue weighted by molar-refractivity contribution is -0.122. The second-order valence-corrected chi connectivity index (χ2v) is 5.37. The van der Waals surface area contributed by atoms with Gasteiger partial charge in [0.25, 0.3) is 0 Å². The zero-order valence-electron chi connectivity index (χ0n) is 12.4. The highest BCUT2D eigenvalue weighted by Crippen LogP contribution is 2.11. The molecule has 1 aromatic heterocycles. The smallest absolute Gasteiger partial charge is 0.237 e. The maximum absolute atomic E-state index is 12.1. The molecule has 0 saturated carbocycles. The minimum absolute atomic E-state index is 0. The highest BCUT2D eigenvalue weighted by Gasteiger charge is 2.21. The van der Waals surface area contributed by atoms with E-state index < -0.39 is 0 Å². The van der Waals surface area contributed by atoms with Gasteiger partial charge in [0.1, 0.15) is 0 Å². The summed E-state index contributed by atoms with van der Waals surface area (Å²) in [7, 11) is 0. The number of rotatable bonds is 5. The van der Waals surface area contributed by atoms with E-state index in [1.807, 2.05) is 22.9 Å². The van der Waals surface area contributed by atoms with Gasteiger partial charge in [-0.25, -0.2) is 4.98 Å². The van der Waals surface area contributed by atoms with Gasteiger partial charge in [0.2, 0.25) is 5.91 Å². The van der Waals surface area contributed by atoms with Gasteiger partial charge in [-0.1, -0.05) is 24.3 Å². The molecule has 1 atom stereocenters. The van der Waals surface area contributed by atoms with Crippen LogP contribution in [0.3, 0.4) is 0 Å². The number of hydrogen-bond donors (Lipinski definition) is 2. The molecule has 1 amide bonds. The van der Waals surface area contributed by atoms with Gasteiger partial charge in [-0.15, -0.1) is 12.4 Å². The van der Waals surface area contributed by atoms with Crippen molar-refractivity contribution in [1.82, 2.24) is 20.2 Å². The molecular formula is C16H21ClN4O. The number of aromatic nitrogens is 2. The lowest BCUT2D eigenvalue weighted by Crippen LogP contribution is -2.40. The summed E-state index contributed by atoms with van der Waals surface area (Å²) in [6, 6.07) is 8.16. The summed E-state index contributed by atoms with van der Waals surface area (Å²) in [5.41, 5.74) is 2.35. The van der Waals surface area contributed by atoms with E-state index in [1.54, 1.807) is 12.5 Å². The lowest BCUT2D eigenvalue weighted by Gasteiger charge is -2.14. The molecule has 0 spiro atoms. The van der Waals surface area contributed by atoms with Crippen molar-refractivity contribution in [3.63, 3.8) is 0 Å². The molecule has 22 heavy (non-hydrogen) atoms. The number of nitrogens with zero attached hydrogens (tertiary/aromatic N) is 2. The van der Waals surface area contributed by atoms with Crippen LogP contribution in [-0.4, -0.2) is 28.0 Å². The van der Waals surface area contributed by atoms with Crippen molar-refractivity contribution in [2.75, 3.05) is 6.54 Å². The fourth-order valence-corrected chi connectivity index (χ4v) is 2.68. The van der Waals surface area contributed by atoms with Crippen LogP contribution in [0, 0.1) is 0 Å². The summed E-state index contributed by atoms with van der Waals surface area (Å²) in [6.45, 7) is 2.28. The molecule has 1 aliphatic rings. The van der Waals surface area contributed by atoms with Gasteiger partial charge < -0.3 is 15.2 Å². The highest BCUT2D eigenvalue weighted by atomic mass is 35.5. The first-order valence-corrected chi connectivity index (χ1v) is 7.36. The van der Waals surface area contributed by atoms with E-state index in [9.17, 15) is 4.79 Å². The molecule has 2 aromatic rings. The largest absolute Gasteiger partial charge is 0.351 e. The number of imidazole rings is 1. The van der Waals surface area contributed by atoms with E-state index in [-0.39, 0.29) is 24.4 Å². The molecule has 5 nitrogen and oxygen atoms in total. The van der Waals surface area contributed by atoms with E-state index >= 15 is 0 Å². The van der Waals surface area contributed by atoms with Crippen molar-refractivity contribution < 1.29 is 4.79 Å². The quantitative estimate of drug-likeness (QED) is 0.882. The van der Waals surface area contributed by atoms with Crippen molar-refractivity contribution in [3.05, 3.63) is 54.1 Å². The molecule has 1 saturated heterocycles. The van der Waals surface area contributed by atoms with Crippen molar-refractivity contribution in [2.24, 2.45) is 0 Å². The first-order chi connectivity index (χ1) is 10.3. The number of halogens is 1. The minimum atomic E-state index is -0.0224. The highest BCUT2D eigenvalue weighted by molar-refractivity contribution is 5.85. The van der Waals surface area contributed by atoms with Gasteiger partial charge in [0.15, 0.2) is 0 Å². The molecule has 1 aliphatic heterocycles. The van der Waals surface area contributed by atoms with Crippen molar-refractivity contribution in [2.45, 2.75) is 32.0 Å². The fourth-order valence-electron chi connectivity index (χ4n) is 2.68. The van der Waals surface area contributed by atoms with Gasteiger partial charge in [-0.2, -0.15) is 0 Å². The van der Waals surface area contributed by atoms with E-state index in [0.717, 1.165) is 31.5 Å². The number of amides is 1. The molecule has 118 valence electrons. The van der Waals surface area contributed by atoms with Crippen LogP contribution in [0.2, 0.25) is 0 Å². The Balaban J connectivity index is 0.00000176. The Morgan fingerprint density at radius 3 is 2.86 bits per heavy atom. The Labute approximate surface area is 136 Å². The maximum atomic E-state index is 12.1. The monoisotopic (exact) mass is 320 g/mol. The van der Waals surface area contributed by atoms with E-state index in [2.05, 4.69) is 27.8 Å². The van der Waals surface area contributed by atoms with Crippen molar-refractivity contribution >= 4 is 18.3 Å². The van der Waals surface area contributed by atoms with Crippen molar-refractivity contribution in [1.29, 1.82) is 0 Å². The molecule has 6 heteroatoms. The number of carbonyl (C=O) groups is 1. The van der Waals surface area contributed by atoms with Crippen molar-refractivity contribution in [3.8, 4) is 0 Å². The van der Waals surface area contributed by atoms with Crippen LogP contribution in [0.5, 0.6) is 0 Å². The molecule has 1 unspecified atom stereocenters. The summed E-state index contributed by atoms with van der Waals surface area (Å²) in [6.07, 6.45) is 7.53. The van der Waals surface area contributed by atoms with Crippen LogP contribution >= 0.6 is 12.4 Å². The molecule has 3 rings (SSSR count). The average Bonchev–Trinajstić information content (AvgIpc) is 3.19. The van der Waals surface area contributed by atoms with Crippen LogP contribution in [0.4, 0.5) is 0 Å². The maximum Gasteiger partial charge on any atom is 0.237 e. The Kier molecular flexibility index (Phi) is 5.98. The molecule has 0 bridgehead atoms. The Morgan fingerprint density at radius 2 is 2.18 bits per heavy atom. The molecule has 0 radical (unpaired) electrons. The third-order valence-corrected chi connectivity index (χ3v) is 3.86. The molecule has 1 fully saturated rings.